The normalized spacial score (nSPS) is 20.4. The maximum atomic E-state index is 13.0. The van der Waals surface area contributed by atoms with Crippen LogP contribution in [0.15, 0.2) is 36.7 Å². The molecule has 0 radical (unpaired) electrons. The molecule has 6 nitrogen and oxygen atoms in total. The van der Waals surface area contributed by atoms with E-state index in [9.17, 15) is 14.3 Å². The number of hydrogen-bond acceptors (Lipinski definition) is 4. The highest BCUT2D eigenvalue weighted by atomic mass is 19.1. The molecule has 2 aromatic rings. The van der Waals surface area contributed by atoms with Gasteiger partial charge in [0.05, 0.1) is 23.9 Å². The number of hydrogen-bond donors (Lipinski definition) is 1. The molecule has 25 heavy (non-hydrogen) atoms. The van der Waals surface area contributed by atoms with Crippen molar-refractivity contribution in [2.75, 3.05) is 26.7 Å². The molecule has 1 atom stereocenters. The Morgan fingerprint density at radius 3 is 2.76 bits per heavy atom. The van der Waals surface area contributed by atoms with Gasteiger partial charge in [-0.3, -0.25) is 14.4 Å². The second-order valence-electron chi connectivity index (χ2n) is 6.90. The van der Waals surface area contributed by atoms with Gasteiger partial charge < -0.3 is 10.0 Å². The third-order valence-electron chi connectivity index (χ3n) is 4.50. The van der Waals surface area contributed by atoms with Crippen molar-refractivity contribution in [3.8, 4) is 0 Å². The van der Waals surface area contributed by atoms with Crippen LogP contribution in [0.25, 0.3) is 0 Å². The van der Waals surface area contributed by atoms with Crippen molar-refractivity contribution in [3.63, 3.8) is 0 Å². The maximum Gasteiger partial charge on any atom is 0.257 e. The lowest BCUT2D eigenvalue weighted by molar-refractivity contribution is 0.0163. The maximum absolute atomic E-state index is 13.0. The number of aryl methyl sites for hydroxylation is 1. The van der Waals surface area contributed by atoms with Crippen molar-refractivity contribution in [2.45, 2.75) is 18.6 Å². The van der Waals surface area contributed by atoms with Gasteiger partial charge in [0.2, 0.25) is 0 Å². The van der Waals surface area contributed by atoms with Crippen LogP contribution in [0.3, 0.4) is 0 Å². The molecule has 1 N–H and O–H groups in total. The number of halogens is 1. The van der Waals surface area contributed by atoms with Gasteiger partial charge in [-0.05, 0) is 31.2 Å². The van der Waals surface area contributed by atoms with E-state index < -0.39 is 5.60 Å². The first-order valence-corrected chi connectivity index (χ1v) is 8.28. The molecule has 1 aromatic heterocycles. The molecule has 2 heterocycles. The van der Waals surface area contributed by atoms with Gasteiger partial charge in [0.1, 0.15) is 5.82 Å². The molecule has 1 saturated heterocycles. The number of benzene rings is 1. The molecule has 0 spiro atoms. The average molecular weight is 346 g/mol. The number of carbonyl (C=O) groups is 1. The predicted molar refractivity (Wildman–Crippen MR) is 91.4 cm³/mol. The predicted octanol–water partition coefficient (Wildman–Crippen LogP) is 1.27. The number of nitrogens with zero attached hydrogens (tertiary/aromatic N) is 4. The van der Waals surface area contributed by atoms with Gasteiger partial charge in [0, 0.05) is 32.9 Å². The molecule has 7 heteroatoms. The van der Waals surface area contributed by atoms with E-state index in [2.05, 4.69) is 5.10 Å². The Kier molecular flexibility index (Phi) is 4.87. The molecule has 0 unspecified atom stereocenters. The van der Waals surface area contributed by atoms with Crippen molar-refractivity contribution in [1.29, 1.82) is 0 Å². The summed E-state index contributed by atoms with van der Waals surface area (Å²) in [7, 11) is 3.68. The Bertz CT molecular complexity index is 746. The zero-order valence-electron chi connectivity index (χ0n) is 14.5. The summed E-state index contributed by atoms with van der Waals surface area (Å²) in [5.74, 6) is -0.365. The summed E-state index contributed by atoms with van der Waals surface area (Å²) in [5, 5.41) is 14.9. The number of β-amino-alcohol motifs (C(OH)–C–C–N with tert-alkyl or cyclic N) is 1. The topological polar surface area (TPSA) is 61.6 Å². The van der Waals surface area contributed by atoms with E-state index >= 15 is 0 Å². The summed E-state index contributed by atoms with van der Waals surface area (Å²) >= 11 is 0. The summed E-state index contributed by atoms with van der Waals surface area (Å²) in [6, 6.07) is 6.34. The Morgan fingerprint density at radius 2 is 2.12 bits per heavy atom. The van der Waals surface area contributed by atoms with Gasteiger partial charge in [-0.1, -0.05) is 12.1 Å². The lowest BCUT2D eigenvalue weighted by Crippen LogP contribution is -2.44. The molecular formula is C18H23FN4O2. The van der Waals surface area contributed by atoms with Crippen LogP contribution < -0.4 is 0 Å². The largest absolute Gasteiger partial charge is 0.387 e. The van der Waals surface area contributed by atoms with Crippen LogP contribution in [-0.4, -0.2) is 62.9 Å². The quantitative estimate of drug-likeness (QED) is 0.886. The minimum atomic E-state index is -0.938. The number of aliphatic hydroxyl groups is 1. The van der Waals surface area contributed by atoms with E-state index in [0.717, 1.165) is 5.56 Å². The van der Waals surface area contributed by atoms with Crippen LogP contribution in [-0.2, 0) is 13.6 Å². The highest BCUT2D eigenvalue weighted by Gasteiger charge is 2.39. The number of likely N-dealkylation sites (N-methyl/N-ethyl adjacent to an activating group) is 1. The molecule has 1 aliphatic rings. The first kappa shape index (κ1) is 17.6. The summed E-state index contributed by atoms with van der Waals surface area (Å²) in [5.41, 5.74) is 0.576. The van der Waals surface area contributed by atoms with E-state index in [4.69, 9.17) is 0 Å². The Hall–Kier alpha value is -2.25. The molecular weight excluding hydrogens is 323 g/mol. The Morgan fingerprint density at radius 1 is 1.40 bits per heavy atom. The SMILES string of the molecule is CN(Cc1ccc(F)cc1)C[C@@]1(O)CCN(C(=O)c2cnn(C)c2)C1. The lowest BCUT2D eigenvalue weighted by atomic mass is 10.0. The van der Waals surface area contributed by atoms with Crippen molar-refractivity contribution in [2.24, 2.45) is 7.05 Å². The summed E-state index contributed by atoms with van der Waals surface area (Å²) in [6.45, 7) is 1.88. The van der Waals surface area contributed by atoms with Crippen molar-refractivity contribution < 1.29 is 14.3 Å². The van der Waals surface area contributed by atoms with Gasteiger partial charge >= 0.3 is 0 Å². The van der Waals surface area contributed by atoms with E-state index in [-0.39, 0.29) is 11.7 Å². The van der Waals surface area contributed by atoms with Gasteiger partial charge in [-0.25, -0.2) is 4.39 Å². The highest BCUT2D eigenvalue weighted by molar-refractivity contribution is 5.94. The summed E-state index contributed by atoms with van der Waals surface area (Å²) < 4.78 is 14.6. The van der Waals surface area contributed by atoms with Crippen LogP contribution in [0.2, 0.25) is 0 Å². The fraction of sp³-hybridized carbons (Fsp3) is 0.444. The fourth-order valence-electron chi connectivity index (χ4n) is 3.33. The van der Waals surface area contributed by atoms with Crippen molar-refractivity contribution in [1.82, 2.24) is 19.6 Å². The van der Waals surface area contributed by atoms with Gasteiger partial charge in [0.25, 0.3) is 5.91 Å². The Balaban J connectivity index is 1.57. The van der Waals surface area contributed by atoms with Gasteiger partial charge in [0.15, 0.2) is 0 Å². The standard InChI is InChI=1S/C18H23FN4O2/c1-21(10-14-3-5-16(19)6-4-14)12-18(25)7-8-23(13-18)17(24)15-9-20-22(2)11-15/h3-6,9,11,25H,7-8,10,12-13H2,1-2H3/t18-/m0/s1. The molecule has 0 aliphatic carbocycles. The first-order chi connectivity index (χ1) is 11.8. The van der Waals surface area contributed by atoms with E-state index in [1.54, 1.807) is 41.2 Å². The second-order valence-corrected chi connectivity index (χ2v) is 6.90. The zero-order chi connectivity index (χ0) is 18.0. The van der Waals surface area contributed by atoms with Crippen LogP contribution in [0.5, 0.6) is 0 Å². The summed E-state index contributed by atoms with van der Waals surface area (Å²) in [6.07, 6.45) is 3.76. The Labute approximate surface area is 146 Å². The molecule has 0 saturated carbocycles. The third kappa shape index (κ3) is 4.24. The molecule has 3 rings (SSSR count). The van der Waals surface area contributed by atoms with Crippen molar-refractivity contribution >= 4 is 5.91 Å². The average Bonchev–Trinajstić information content (AvgIpc) is 3.15. The van der Waals surface area contributed by atoms with Crippen molar-refractivity contribution in [3.05, 3.63) is 53.6 Å². The van der Waals surface area contributed by atoms with Crippen LogP contribution in [0.4, 0.5) is 4.39 Å². The number of aromatic nitrogens is 2. The molecule has 1 aliphatic heterocycles. The number of amides is 1. The van der Waals surface area contributed by atoms with Crippen LogP contribution >= 0.6 is 0 Å². The van der Waals surface area contributed by atoms with Gasteiger partial charge in [-0.2, -0.15) is 5.10 Å². The molecule has 1 aromatic carbocycles. The number of carbonyl (C=O) groups excluding carboxylic acids is 1. The monoisotopic (exact) mass is 346 g/mol. The first-order valence-electron chi connectivity index (χ1n) is 8.28. The highest BCUT2D eigenvalue weighted by Crippen LogP contribution is 2.24. The molecule has 134 valence electrons. The minimum Gasteiger partial charge on any atom is -0.387 e. The molecule has 1 fully saturated rings. The number of rotatable bonds is 5. The van der Waals surface area contributed by atoms with E-state index in [1.807, 2.05) is 11.9 Å². The lowest BCUT2D eigenvalue weighted by Gasteiger charge is -2.29. The molecule has 0 bridgehead atoms. The fourth-order valence-corrected chi connectivity index (χ4v) is 3.33. The third-order valence-corrected chi connectivity index (χ3v) is 4.50. The van der Waals surface area contributed by atoms with Crippen LogP contribution in [0.1, 0.15) is 22.3 Å². The van der Waals surface area contributed by atoms with E-state index in [1.165, 1.54) is 12.1 Å². The zero-order valence-corrected chi connectivity index (χ0v) is 14.5. The molecule has 1 amide bonds. The second kappa shape index (κ2) is 6.93. The van der Waals surface area contributed by atoms with Crippen LogP contribution in [0, 0.1) is 5.82 Å². The minimum absolute atomic E-state index is 0.106. The summed E-state index contributed by atoms with van der Waals surface area (Å²) in [4.78, 5) is 16.1. The van der Waals surface area contributed by atoms with E-state index in [0.29, 0.717) is 38.2 Å². The smallest absolute Gasteiger partial charge is 0.257 e. The number of likely N-dealkylation sites (tertiary alicyclic amines) is 1. The van der Waals surface area contributed by atoms with Gasteiger partial charge in [-0.15, -0.1) is 0 Å².